The molecule has 9 rings (SSSR count). The zero-order valence-corrected chi connectivity index (χ0v) is 38.5. The van der Waals surface area contributed by atoms with Gasteiger partial charge >= 0.3 is 0 Å². The molecule has 4 heterocycles. The fourth-order valence-corrected chi connectivity index (χ4v) is 9.21. The van der Waals surface area contributed by atoms with Crippen LogP contribution in [0.25, 0.3) is 45.1 Å². The summed E-state index contributed by atoms with van der Waals surface area (Å²) in [5.74, 6) is -0.368. The molecule has 1 unspecified atom stereocenters. The number of pyridine rings is 1. The fourth-order valence-electron chi connectivity index (χ4n) is 9.21. The standard InChI is InChI=1S/C54H53FN8O6/c1-35(37-9-4-3-5-10-37)29-48(66)62-26-22-54(68,23-27-62)33-63-34-59-49-50(53(63)67)60-61(2)51(49)38-16-14-36(15-17-38)32-58-47(65)21-20-46(64)56-25-28-69-52-39(11-8-24-57-52)30-44-42-13-7-6-12-41(42)43-19-18-40(55)31-45(43)44/h3-19,24,30-31,34-35,68H,20-23,25-29,32-33H2,1-2H3,(H,56,64)(H,58,65). The van der Waals surface area contributed by atoms with Crippen LogP contribution in [0.15, 0.2) is 127 Å². The summed E-state index contributed by atoms with van der Waals surface area (Å²) in [7, 11) is 1.74. The molecule has 3 amide bonds. The zero-order chi connectivity index (χ0) is 48.1. The molecule has 352 valence electrons. The third-order valence-electron chi connectivity index (χ3n) is 13.0. The Morgan fingerprint density at radius 1 is 0.841 bits per heavy atom. The second kappa shape index (κ2) is 20.2. The van der Waals surface area contributed by atoms with Crippen molar-refractivity contribution >= 4 is 40.4 Å². The van der Waals surface area contributed by atoms with Crippen LogP contribution in [-0.4, -0.2) is 83.9 Å². The number of carbonyl (C=O) groups excluding carboxylic acids is 3. The molecule has 7 aromatic rings. The van der Waals surface area contributed by atoms with Crippen molar-refractivity contribution in [3.63, 3.8) is 0 Å². The lowest BCUT2D eigenvalue weighted by molar-refractivity contribution is -0.136. The van der Waals surface area contributed by atoms with E-state index in [1.165, 1.54) is 23.0 Å². The molecular formula is C54H53FN8O6. The van der Waals surface area contributed by atoms with E-state index < -0.39 is 5.60 Å². The average molecular weight is 929 g/mol. The number of likely N-dealkylation sites (tertiary alicyclic amines) is 1. The van der Waals surface area contributed by atoms with Crippen LogP contribution in [0.3, 0.4) is 0 Å². The number of hydrogen-bond donors (Lipinski definition) is 3. The smallest absolute Gasteiger partial charge is 0.281 e. The Bertz CT molecular complexity index is 3120. The Morgan fingerprint density at radius 3 is 2.32 bits per heavy atom. The summed E-state index contributed by atoms with van der Waals surface area (Å²) in [4.78, 5) is 63.0. The molecule has 0 radical (unpaired) electrons. The maximum absolute atomic E-state index is 14.3. The number of nitrogens with one attached hydrogen (secondary N) is 2. The van der Waals surface area contributed by atoms with E-state index in [1.807, 2.05) is 97.9 Å². The van der Waals surface area contributed by atoms with E-state index in [4.69, 9.17) is 4.74 Å². The van der Waals surface area contributed by atoms with E-state index >= 15 is 0 Å². The van der Waals surface area contributed by atoms with Gasteiger partial charge in [-0.3, -0.25) is 28.4 Å². The zero-order valence-electron chi connectivity index (χ0n) is 38.5. The van der Waals surface area contributed by atoms with E-state index in [0.29, 0.717) is 55.0 Å². The molecule has 0 spiro atoms. The number of aryl methyl sites for hydroxylation is 1. The maximum Gasteiger partial charge on any atom is 0.281 e. The minimum absolute atomic E-state index is 0.000531. The number of hydrogen-bond acceptors (Lipinski definition) is 9. The number of halogens is 1. The second-order valence-electron chi connectivity index (χ2n) is 17.8. The highest BCUT2D eigenvalue weighted by Gasteiger charge is 2.35. The molecule has 4 aromatic carbocycles. The molecular weight excluding hydrogens is 876 g/mol. The third-order valence-corrected chi connectivity index (χ3v) is 13.0. The molecule has 1 fully saturated rings. The summed E-state index contributed by atoms with van der Waals surface area (Å²) < 4.78 is 23.3. The molecule has 0 bridgehead atoms. The largest absolute Gasteiger partial charge is 0.475 e. The molecule has 15 heteroatoms. The Labute approximate surface area is 398 Å². The van der Waals surface area contributed by atoms with Crippen molar-refractivity contribution in [3.05, 3.63) is 166 Å². The number of aromatic nitrogens is 5. The molecule has 69 heavy (non-hydrogen) atoms. The number of amides is 3. The normalized spacial score (nSPS) is 14.8. The number of benzene rings is 4. The van der Waals surface area contributed by atoms with Crippen LogP contribution in [-0.2, 0) is 34.5 Å². The van der Waals surface area contributed by atoms with Gasteiger partial charge in [0.15, 0.2) is 5.52 Å². The van der Waals surface area contributed by atoms with Crippen molar-refractivity contribution in [1.29, 1.82) is 0 Å². The topological polar surface area (TPSA) is 174 Å². The van der Waals surface area contributed by atoms with Gasteiger partial charge in [0.25, 0.3) is 5.56 Å². The van der Waals surface area contributed by atoms with Gasteiger partial charge < -0.3 is 25.4 Å². The Balaban J connectivity index is 0.724. The molecule has 1 saturated heterocycles. The van der Waals surface area contributed by atoms with Gasteiger partial charge in [0.2, 0.25) is 23.6 Å². The van der Waals surface area contributed by atoms with Crippen LogP contribution in [0, 0.1) is 5.82 Å². The van der Waals surface area contributed by atoms with Crippen molar-refractivity contribution in [2.75, 3.05) is 26.2 Å². The van der Waals surface area contributed by atoms with Gasteiger partial charge in [-0.05, 0) is 88.1 Å². The summed E-state index contributed by atoms with van der Waals surface area (Å²) in [6.07, 6.45) is 6.07. The molecule has 1 atom stereocenters. The van der Waals surface area contributed by atoms with Crippen molar-refractivity contribution < 1.29 is 28.6 Å². The Morgan fingerprint density at radius 2 is 1.55 bits per heavy atom. The maximum atomic E-state index is 14.3. The van der Waals surface area contributed by atoms with Gasteiger partial charge in [0, 0.05) is 63.3 Å². The number of carbonyl (C=O) groups is 3. The summed E-state index contributed by atoms with van der Waals surface area (Å²) in [5, 5.41) is 21.7. The van der Waals surface area contributed by atoms with Crippen molar-refractivity contribution in [2.24, 2.45) is 7.05 Å². The lowest BCUT2D eigenvalue weighted by Crippen LogP contribution is -2.49. The number of rotatable bonds is 16. The number of aliphatic hydroxyl groups is 1. The summed E-state index contributed by atoms with van der Waals surface area (Å²) in [5.41, 5.74) is 7.80. The van der Waals surface area contributed by atoms with Gasteiger partial charge in [-0.15, -0.1) is 0 Å². The van der Waals surface area contributed by atoms with E-state index in [2.05, 4.69) is 25.7 Å². The first kappa shape index (κ1) is 46.3. The quantitative estimate of drug-likeness (QED) is 0.0860. The SMILES string of the molecule is CC(CC(=O)N1CCC(O)(Cn2cnc3c(-c4ccc(CNC(=O)CCC(=O)NCCOc5ncccc5C=C5c6ccccc6-c6ccc(F)cc65)cc4)n(C)nc3c2=O)CC1)c1ccccc1. The van der Waals surface area contributed by atoms with Crippen LogP contribution >= 0.6 is 0 Å². The molecule has 2 aliphatic rings. The Kier molecular flexibility index (Phi) is 13.6. The predicted molar refractivity (Wildman–Crippen MR) is 261 cm³/mol. The highest BCUT2D eigenvalue weighted by Crippen LogP contribution is 2.45. The minimum atomic E-state index is -1.18. The molecule has 0 saturated carbocycles. The lowest BCUT2D eigenvalue weighted by atomic mass is 9.90. The van der Waals surface area contributed by atoms with Gasteiger partial charge in [-0.2, -0.15) is 5.10 Å². The first-order valence-corrected chi connectivity index (χ1v) is 23.2. The van der Waals surface area contributed by atoms with Crippen LogP contribution in [0.4, 0.5) is 4.39 Å². The first-order chi connectivity index (χ1) is 33.4. The summed E-state index contributed by atoms with van der Waals surface area (Å²) >= 11 is 0. The van der Waals surface area contributed by atoms with Gasteiger partial charge in [-0.25, -0.2) is 14.4 Å². The van der Waals surface area contributed by atoms with E-state index in [1.54, 1.807) is 35.0 Å². The van der Waals surface area contributed by atoms with Gasteiger partial charge in [0.05, 0.1) is 30.7 Å². The number of piperidine rings is 1. The number of ether oxygens (including phenoxy) is 1. The lowest BCUT2D eigenvalue weighted by Gasteiger charge is -2.38. The van der Waals surface area contributed by atoms with Crippen LogP contribution in [0.5, 0.6) is 5.88 Å². The van der Waals surface area contributed by atoms with Crippen LogP contribution < -0.4 is 20.9 Å². The van der Waals surface area contributed by atoms with Crippen molar-refractivity contribution in [3.8, 4) is 28.3 Å². The fraction of sp³-hybridized carbons (Fsp3) is 0.278. The number of fused-ring (bicyclic) bond motifs is 4. The molecule has 1 aliphatic heterocycles. The predicted octanol–water partition coefficient (Wildman–Crippen LogP) is 7.04. The van der Waals surface area contributed by atoms with Crippen LogP contribution in [0.2, 0.25) is 0 Å². The molecule has 14 nitrogen and oxygen atoms in total. The van der Waals surface area contributed by atoms with E-state index in [-0.39, 0.29) is 79.6 Å². The third kappa shape index (κ3) is 10.4. The van der Waals surface area contributed by atoms with E-state index in [9.17, 15) is 28.7 Å². The summed E-state index contributed by atoms with van der Waals surface area (Å²) in [6, 6.07) is 33.8. The van der Waals surface area contributed by atoms with E-state index in [0.717, 1.165) is 44.5 Å². The first-order valence-electron chi connectivity index (χ1n) is 23.2. The summed E-state index contributed by atoms with van der Waals surface area (Å²) in [6.45, 7) is 3.48. The highest BCUT2D eigenvalue weighted by molar-refractivity contribution is 6.06. The second-order valence-corrected chi connectivity index (χ2v) is 17.8. The van der Waals surface area contributed by atoms with Gasteiger partial charge in [0.1, 0.15) is 17.9 Å². The van der Waals surface area contributed by atoms with Crippen molar-refractivity contribution in [1.82, 2.24) is 39.8 Å². The highest BCUT2D eigenvalue weighted by atomic mass is 19.1. The Hall–Kier alpha value is -7.78. The minimum Gasteiger partial charge on any atom is -0.475 e. The average Bonchev–Trinajstić information content (AvgIpc) is 3.86. The molecule has 3 N–H and O–H groups in total. The molecule has 1 aliphatic carbocycles. The monoisotopic (exact) mass is 928 g/mol. The van der Waals surface area contributed by atoms with Crippen LogP contribution in [0.1, 0.15) is 72.8 Å². The number of nitrogens with zero attached hydrogens (tertiary/aromatic N) is 6. The van der Waals surface area contributed by atoms with Gasteiger partial charge in [-0.1, -0.05) is 91.9 Å². The molecule has 3 aromatic heterocycles. The van der Waals surface area contributed by atoms with Crippen molar-refractivity contribution in [2.45, 2.75) is 63.6 Å².